The Kier molecular flexibility index (Phi) is 4.59. The summed E-state index contributed by atoms with van der Waals surface area (Å²) in [6.45, 7) is 1.70. The second-order valence-corrected chi connectivity index (χ2v) is 8.17. The summed E-state index contributed by atoms with van der Waals surface area (Å²) in [5.41, 5.74) is 0.238. The smallest absolute Gasteiger partial charge is 0.240 e. The Bertz CT molecular complexity index is 620. The van der Waals surface area contributed by atoms with Crippen LogP contribution in [0.15, 0.2) is 30.3 Å². The molecule has 1 aliphatic carbocycles. The number of benzene rings is 1. The molecule has 1 saturated carbocycles. The van der Waals surface area contributed by atoms with Gasteiger partial charge in [-0.1, -0.05) is 43.2 Å². The van der Waals surface area contributed by atoms with Crippen molar-refractivity contribution in [3.63, 3.8) is 0 Å². The molecule has 1 N–H and O–H groups in total. The molecule has 0 aromatic heterocycles. The van der Waals surface area contributed by atoms with Gasteiger partial charge in [-0.2, -0.15) is 0 Å². The van der Waals surface area contributed by atoms with Gasteiger partial charge in [-0.05, 0) is 51.3 Å². The summed E-state index contributed by atoms with van der Waals surface area (Å²) in [6, 6.07) is 10.4. The van der Waals surface area contributed by atoms with Gasteiger partial charge in [0, 0.05) is 18.5 Å². The van der Waals surface area contributed by atoms with Gasteiger partial charge in [0.1, 0.15) is 0 Å². The zero-order chi connectivity index (χ0) is 17.4. The van der Waals surface area contributed by atoms with Gasteiger partial charge in [0.15, 0.2) is 0 Å². The first-order valence-corrected chi connectivity index (χ1v) is 9.90. The molecule has 2 saturated heterocycles. The lowest BCUT2D eigenvalue weighted by Crippen LogP contribution is -2.61. The van der Waals surface area contributed by atoms with Crippen LogP contribution in [0.25, 0.3) is 0 Å². The fourth-order valence-electron chi connectivity index (χ4n) is 5.46. The first kappa shape index (κ1) is 17.0. The number of fused-ring (bicyclic) bond motifs is 1. The van der Waals surface area contributed by atoms with Crippen molar-refractivity contribution in [1.82, 2.24) is 9.80 Å². The van der Waals surface area contributed by atoms with E-state index in [0.29, 0.717) is 18.9 Å². The van der Waals surface area contributed by atoms with E-state index in [1.165, 1.54) is 0 Å². The number of rotatable bonds is 2. The number of likely N-dealkylation sites (tertiary alicyclic amines) is 2. The first-order chi connectivity index (χ1) is 12.1. The summed E-state index contributed by atoms with van der Waals surface area (Å²) in [5, 5.41) is 11.6. The summed E-state index contributed by atoms with van der Waals surface area (Å²) in [4.78, 5) is 17.6. The number of aliphatic hydroxyl groups is 1. The van der Waals surface area contributed by atoms with E-state index in [1.54, 1.807) is 0 Å². The average molecular weight is 342 g/mol. The normalized spacial score (nSPS) is 36.2. The van der Waals surface area contributed by atoms with E-state index in [-0.39, 0.29) is 18.0 Å². The van der Waals surface area contributed by atoms with Crippen LogP contribution in [0, 0.1) is 5.92 Å². The second kappa shape index (κ2) is 6.73. The van der Waals surface area contributed by atoms with Crippen molar-refractivity contribution in [3.8, 4) is 0 Å². The molecule has 136 valence electrons. The summed E-state index contributed by atoms with van der Waals surface area (Å²) < 4.78 is 0. The average Bonchev–Trinajstić information content (AvgIpc) is 3.08. The van der Waals surface area contributed by atoms with E-state index in [0.717, 1.165) is 50.6 Å². The van der Waals surface area contributed by atoms with E-state index in [2.05, 4.69) is 16.8 Å². The molecule has 4 heteroatoms. The molecule has 25 heavy (non-hydrogen) atoms. The molecule has 0 radical (unpaired) electrons. The standard InChI is InChI=1S/C21H30N2O2/c1-22-14-7-12-19(22)20(24)23-15-13-21(25,16-8-3-2-4-9-16)17-10-5-6-11-18(17)23/h2-4,8-9,17-19,25H,5-7,10-15H2,1H3/t17-,18+,19+,21?/m1/s1. The minimum Gasteiger partial charge on any atom is -0.385 e. The second-order valence-electron chi connectivity index (χ2n) is 8.17. The number of nitrogens with zero attached hydrogens (tertiary/aromatic N) is 2. The number of hydrogen-bond acceptors (Lipinski definition) is 3. The Balaban J connectivity index is 1.61. The van der Waals surface area contributed by atoms with Crippen molar-refractivity contribution in [2.45, 2.75) is 62.6 Å². The van der Waals surface area contributed by atoms with Gasteiger partial charge < -0.3 is 10.0 Å². The molecule has 3 aliphatic rings. The number of carbonyl (C=O) groups excluding carboxylic acids is 1. The van der Waals surface area contributed by atoms with Crippen molar-refractivity contribution >= 4 is 5.91 Å². The molecular formula is C21H30N2O2. The monoisotopic (exact) mass is 342 g/mol. The predicted octanol–water partition coefficient (Wildman–Crippen LogP) is 2.76. The molecule has 4 atom stereocenters. The maximum Gasteiger partial charge on any atom is 0.240 e. The molecule has 1 aromatic rings. The minimum atomic E-state index is -0.787. The van der Waals surface area contributed by atoms with Gasteiger partial charge in [-0.25, -0.2) is 0 Å². The van der Waals surface area contributed by atoms with Crippen molar-refractivity contribution in [3.05, 3.63) is 35.9 Å². The fourth-order valence-corrected chi connectivity index (χ4v) is 5.46. The molecule has 3 fully saturated rings. The van der Waals surface area contributed by atoms with E-state index in [4.69, 9.17) is 0 Å². The van der Waals surface area contributed by atoms with E-state index >= 15 is 0 Å². The third-order valence-corrected chi connectivity index (χ3v) is 6.84. The number of likely N-dealkylation sites (N-methyl/N-ethyl adjacent to an activating group) is 1. The van der Waals surface area contributed by atoms with Crippen molar-refractivity contribution in [2.75, 3.05) is 20.1 Å². The molecule has 2 heterocycles. The molecule has 0 spiro atoms. The third-order valence-electron chi connectivity index (χ3n) is 6.84. The van der Waals surface area contributed by atoms with Crippen LogP contribution in [0.5, 0.6) is 0 Å². The Labute approximate surface area is 150 Å². The van der Waals surface area contributed by atoms with E-state index in [9.17, 15) is 9.90 Å². The van der Waals surface area contributed by atoms with Crippen molar-refractivity contribution in [2.24, 2.45) is 5.92 Å². The van der Waals surface area contributed by atoms with Crippen molar-refractivity contribution < 1.29 is 9.90 Å². The molecule has 2 aliphatic heterocycles. The Morgan fingerprint density at radius 1 is 1.08 bits per heavy atom. The minimum absolute atomic E-state index is 0.0468. The molecule has 4 nitrogen and oxygen atoms in total. The molecular weight excluding hydrogens is 312 g/mol. The third kappa shape index (κ3) is 2.89. The van der Waals surface area contributed by atoms with Gasteiger partial charge in [0.05, 0.1) is 11.6 Å². The summed E-state index contributed by atoms with van der Waals surface area (Å²) in [6.07, 6.45) is 7.11. The Morgan fingerprint density at radius 2 is 1.84 bits per heavy atom. The van der Waals surface area contributed by atoms with Crippen LogP contribution >= 0.6 is 0 Å². The van der Waals surface area contributed by atoms with Gasteiger partial charge >= 0.3 is 0 Å². The lowest BCUT2D eigenvalue weighted by Gasteiger charge is -2.53. The largest absolute Gasteiger partial charge is 0.385 e. The fraction of sp³-hybridized carbons (Fsp3) is 0.667. The van der Waals surface area contributed by atoms with Crippen LogP contribution in [0.2, 0.25) is 0 Å². The van der Waals surface area contributed by atoms with Crippen LogP contribution in [0.1, 0.15) is 50.5 Å². The summed E-state index contributed by atoms with van der Waals surface area (Å²) >= 11 is 0. The van der Waals surface area contributed by atoms with E-state index in [1.807, 2.05) is 30.3 Å². The molecule has 4 rings (SSSR count). The highest BCUT2D eigenvalue weighted by molar-refractivity contribution is 5.82. The van der Waals surface area contributed by atoms with Crippen LogP contribution in [-0.4, -0.2) is 53.0 Å². The quantitative estimate of drug-likeness (QED) is 0.899. The van der Waals surface area contributed by atoms with Crippen molar-refractivity contribution in [1.29, 1.82) is 0 Å². The Morgan fingerprint density at radius 3 is 2.56 bits per heavy atom. The molecule has 0 bridgehead atoms. The summed E-state index contributed by atoms with van der Waals surface area (Å²) in [5.74, 6) is 0.458. The molecule has 1 aromatic carbocycles. The number of carbonyl (C=O) groups is 1. The van der Waals surface area contributed by atoms with Gasteiger partial charge in [-0.3, -0.25) is 9.69 Å². The Hall–Kier alpha value is -1.39. The van der Waals surface area contributed by atoms with Gasteiger partial charge in [0.2, 0.25) is 5.91 Å². The number of hydrogen-bond donors (Lipinski definition) is 1. The SMILES string of the molecule is CN1CCC[C@H]1C(=O)N1CCC(O)(c2ccccc2)[C@@H]2CCCC[C@@H]21. The summed E-state index contributed by atoms with van der Waals surface area (Å²) in [7, 11) is 2.07. The predicted molar refractivity (Wildman–Crippen MR) is 98.1 cm³/mol. The lowest BCUT2D eigenvalue weighted by molar-refractivity contribution is -0.158. The highest BCUT2D eigenvalue weighted by Crippen LogP contribution is 2.47. The topological polar surface area (TPSA) is 43.8 Å². The zero-order valence-corrected chi connectivity index (χ0v) is 15.2. The maximum atomic E-state index is 13.2. The number of amides is 1. The van der Waals surface area contributed by atoms with Gasteiger partial charge in [-0.15, -0.1) is 0 Å². The molecule has 1 unspecified atom stereocenters. The van der Waals surface area contributed by atoms with Gasteiger partial charge in [0.25, 0.3) is 0 Å². The van der Waals surface area contributed by atoms with Crippen LogP contribution in [0.4, 0.5) is 0 Å². The highest BCUT2D eigenvalue weighted by Gasteiger charge is 2.51. The van der Waals surface area contributed by atoms with Crippen LogP contribution in [0.3, 0.4) is 0 Å². The lowest BCUT2D eigenvalue weighted by atomic mass is 9.66. The number of piperidine rings is 1. The van der Waals surface area contributed by atoms with E-state index < -0.39 is 5.60 Å². The molecule has 1 amide bonds. The highest BCUT2D eigenvalue weighted by atomic mass is 16.3. The first-order valence-electron chi connectivity index (χ1n) is 9.90. The van der Waals surface area contributed by atoms with Crippen LogP contribution in [-0.2, 0) is 10.4 Å². The zero-order valence-electron chi connectivity index (χ0n) is 15.2. The maximum absolute atomic E-state index is 13.2. The van der Waals surface area contributed by atoms with Crippen LogP contribution < -0.4 is 0 Å².